The van der Waals surface area contributed by atoms with Crippen molar-refractivity contribution < 1.29 is 28.6 Å². The van der Waals surface area contributed by atoms with Gasteiger partial charge in [-0.1, -0.05) is 276 Å². The quantitative estimate of drug-likeness (QED) is 0.0262. The number of hydrogen-bond donors (Lipinski definition) is 0. The molecule has 382 valence electrons. The fraction of sp³-hybridized carbons (Fsp3) is 0.881. The van der Waals surface area contributed by atoms with Crippen LogP contribution in [-0.4, -0.2) is 37.2 Å². The van der Waals surface area contributed by atoms with Gasteiger partial charge in [-0.3, -0.25) is 14.4 Å². The minimum absolute atomic E-state index is 0.0693. The first kappa shape index (κ1) is 62.9. The number of ether oxygens (including phenoxy) is 3. The Bertz CT molecular complexity index is 1050. The summed E-state index contributed by atoms with van der Waals surface area (Å²) in [4.78, 5) is 38.1. The van der Waals surface area contributed by atoms with Gasteiger partial charge in [0.1, 0.15) is 13.2 Å². The van der Waals surface area contributed by atoms with Crippen molar-refractivity contribution in [1.82, 2.24) is 0 Å². The molecule has 0 saturated carbocycles. The predicted molar refractivity (Wildman–Crippen MR) is 279 cm³/mol. The van der Waals surface area contributed by atoms with Crippen LogP contribution in [0.5, 0.6) is 0 Å². The lowest BCUT2D eigenvalue weighted by Gasteiger charge is -2.18. The van der Waals surface area contributed by atoms with Crippen LogP contribution in [0.2, 0.25) is 0 Å². The van der Waals surface area contributed by atoms with Crippen molar-refractivity contribution in [3.05, 3.63) is 24.3 Å². The second-order valence-corrected chi connectivity index (χ2v) is 19.6. The molecule has 6 nitrogen and oxygen atoms in total. The van der Waals surface area contributed by atoms with Crippen LogP contribution < -0.4 is 0 Å². The molecule has 0 aromatic carbocycles. The first-order valence-corrected chi connectivity index (χ1v) is 28.9. The Morgan fingerprint density at radius 1 is 0.308 bits per heavy atom. The van der Waals surface area contributed by atoms with Crippen LogP contribution >= 0.6 is 0 Å². The highest BCUT2D eigenvalue weighted by Gasteiger charge is 2.19. The highest BCUT2D eigenvalue weighted by molar-refractivity contribution is 5.71. The molecule has 0 aromatic rings. The van der Waals surface area contributed by atoms with Gasteiger partial charge in [0.15, 0.2) is 6.10 Å². The number of allylic oxidation sites excluding steroid dienone is 4. The molecule has 0 spiro atoms. The first-order chi connectivity index (χ1) is 32.0. The van der Waals surface area contributed by atoms with Gasteiger partial charge in [0.05, 0.1) is 0 Å². The average Bonchev–Trinajstić information content (AvgIpc) is 3.30. The molecular formula is C59H110O6. The van der Waals surface area contributed by atoms with Crippen LogP contribution in [0.4, 0.5) is 0 Å². The summed E-state index contributed by atoms with van der Waals surface area (Å²) in [5.74, 6) is -0.859. The van der Waals surface area contributed by atoms with E-state index in [0.717, 1.165) is 64.2 Å². The molecule has 0 aliphatic rings. The van der Waals surface area contributed by atoms with Crippen LogP contribution in [0.15, 0.2) is 24.3 Å². The molecule has 65 heavy (non-hydrogen) atoms. The zero-order chi connectivity index (χ0) is 47.2. The summed E-state index contributed by atoms with van der Waals surface area (Å²) in [5, 5.41) is 0. The maximum absolute atomic E-state index is 12.8. The summed E-state index contributed by atoms with van der Waals surface area (Å²) in [6.45, 7) is 6.65. The molecule has 0 heterocycles. The lowest BCUT2D eigenvalue weighted by Crippen LogP contribution is -2.30. The molecule has 0 radical (unpaired) electrons. The fourth-order valence-electron chi connectivity index (χ4n) is 8.61. The van der Waals surface area contributed by atoms with E-state index in [4.69, 9.17) is 14.2 Å². The Balaban J connectivity index is 4.34. The van der Waals surface area contributed by atoms with Gasteiger partial charge in [-0.2, -0.15) is 0 Å². The van der Waals surface area contributed by atoms with Crippen molar-refractivity contribution in [2.24, 2.45) is 0 Å². The number of hydrogen-bond acceptors (Lipinski definition) is 6. The number of carbonyl (C=O) groups is 3. The smallest absolute Gasteiger partial charge is 0.306 e. The van der Waals surface area contributed by atoms with E-state index in [1.54, 1.807) is 0 Å². The number of esters is 3. The topological polar surface area (TPSA) is 78.9 Å². The molecule has 6 heteroatoms. The summed E-state index contributed by atoms with van der Waals surface area (Å²) in [6, 6.07) is 0. The van der Waals surface area contributed by atoms with Gasteiger partial charge in [-0.15, -0.1) is 0 Å². The monoisotopic (exact) mass is 915 g/mol. The van der Waals surface area contributed by atoms with Crippen molar-refractivity contribution >= 4 is 17.9 Å². The van der Waals surface area contributed by atoms with Crippen LogP contribution in [0.1, 0.15) is 316 Å². The van der Waals surface area contributed by atoms with Crippen molar-refractivity contribution in [3.63, 3.8) is 0 Å². The van der Waals surface area contributed by atoms with E-state index >= 15 is 0 Å². The van der Waals surface area contributed by atoms with Gasteiger partial charge >= 0.3 is 17.9 Å². The van der Waals surface area contributed by atoms with Gasteiger partial charge < -0.3 is 14.2 Å². The van der Waals surface area contributed by atoms with E-state index in [9.17, 15) is 14.4 Å². The molecular weight excluding hydrogens is 805 g/mol. The molecule has 0 amide bonds. The maximum atomic E-state index is 12.8. The Hall–Kier alpha value is -2.11. The molecule has 0 saturated heterocycles. The molecule has 0 rings (SSSR count). The van der Waals surface area contributed by atoms with Gasteiger partial charge in [-0.25, -0.2) is 0 Å². The molecule has 0 aliphatic heterocycles. The molecule has 0 aliphatic carbocycles. The Kier molecular flexibility index (Phi) is 52.7. The van der Waals surface area contributed by atoms with Gasteiger partial charge in [0.2, 0.25) is 0 Å². The van der Waals surface area contributed by atoms with Gasteiger partial charge in [0, 0.05) is 19.3 Å². The molecule has 1 unspecified atom stereocenters. The maximum Gasteiger partial charge on any atom is 0.306 e. The Labute approximate surface area is 404 Å². The second-order valence-electron chi connectivity index (χ2n) is 19.6. The summed E-state index contributed by atoms with van der Waals surface area (Å²) < 4.78 is 16.9. The third kappa shape index (κ3) is 52.7. The van der Waals surface area contributed by atoms with E-state index in [1.807, 2.05) is 0 Å². The summed E-state index contributed by atoms with van der Waals surface area (Å²) in [6.07, 6.45) is 63.0. The number of carbonyl (C=O) groups excluding carboxylic acids is 3. The van der Waals surface area contributed by atoms with Crippen LogP contribution in [0, 0.1) is 0 Å². The van der Waals surface area contributed by atoms with E-state index in [0.29, 0.717) is 19.3 Å². The van der Waals surface area contributed by atoms with E-state index in [-0.39, 0.29) is 31.1 Å². The van der Waals surface area contributed by atoms with E-state index < -0.39 is 6.10 Å². The zero-order valence-electron chi connectivity index (χ0n) is 43.8. The lowest BCUT2D eigenvalue weighted by molar-refractivity contribution is -0.167. The van der Waals surface area contributed by atoms with Crippen molar-refractivity contribution in [3.8, 4) is 0 Å². The summed E-state index contributed by atoms with van der Waals surface area (Å²) in [5.41, 5.74) is 0. The largest absolute Gasteiger partial charge is 0.462 e. The first-order valence-electron chi connectivity index (χ1n) is 28.9. The average molecular weight is 916 g/mol. The zero-order valence-corrected chi connectivity index (χ0v) is 43.8. The predicted octanol–water partition coefficient (Wildman–Crippen LogP) is 19.1. The third-order valence-electron chi connectivity index (χ3n) is 13.0. The van der Waals surface area contributed by atoms with Crippen LogP contribution in [0.25, 0.3) is 0 Å². The lowest BCUT2D eigenvalue weighted by atomic mass is 10.0. The molecule has 0 aromatic heterocycles. The molecule has 0 N–H and O–H groups in total. The minimum Gasteiger partial charge on any atom is -0.462 e. The van der Waals surface area contributed by atoms with E-state index in [1.165, 1.54) is 212 Å². The SMILES string of the molecule is CCCCC/C=C\C=C/CCCCCCCCC(=O)OCC(COC(=O)CCCCCCCCCCCCCCCCCC)OC(=O)CCCCCCCCCCCCCCCCCC. The Morgan fingerprint density at radius 3 is 0.846 bits per heavy atom. The fourth-order valence-corrected chi connectivity index (χ4v) is 8.61. The van der Waals surface area contributed by atoms with Crippen molar-refractivity contribution in [2.45, 2.75) is 322 Å². The van der Waals surface area contributed by atoms with Crippen LogP contribution in [-0.2, 0) is 28.6 Å². The molecule has 0 bridgehead atoms. The summed E-state index contributed by atoms with van der Waals surface area (Å²) in [7, 11) is 0. The number of unbranched alkanes of at least 4 members (excludes halogenated alkanes) is 39. The van der Waals surface area contributed by atoms with Crippen molar-refractivity contribution in [2.75, 3.05) is 13.2 Å². The van der Waals surface area contributed by atoms with Gasteiger partial charge in [0.25, 0.3) is 0 Å². The second kappa shape index (κ2) is 54.5. The summed E-state index contributed by atoms with van der Waals surface area (Å²) >= 11 is 0. The number of rotatable bonds is 53. The minimum atomic E-state index is -0.771. The molecule has 0 fully saturated rings. The molecule has 1 atom stereocenters. The van der Waals surface area contributed by atoms with Crippen molar-refractivity contribution in [1.29, 1.82) is 0 Å². The highest BCUT2D eigenvalue weighted by atomic mass is 16.6. The Morgan fingerprint density at radius 2 is 0.538 bits per heavy atom. The highest BCUT2D eigenvalue weighted by Crippen LogP contribution is 2.17. The van der Waals surface area contributed by atoms with Gasteiger partial charge in [-0.05, 0) is 44.9 Å². The normalized spacial score (nSPS) is 12.1. The standard InChI is InChI=1S/C59H110O6/c1-4-7-10-13-16-19-22-25-28-31-34-37-40-43-46-49-52-58(61)64-55-56(54-63-57(60)51-48-45-42-39-36-33-30-27-24-21-18-15-12-9-6-3)65-59(62)53-50-47-44-41-38-35-32-29-26-23-20-17-14-11-8-5-2/h18,21,24,27,56H,4-17,19-20,22-23,25-26,28-55H2,1-3H3/b21-18-,27-24-. The van der Waals surface area contributed by atoms with Crippen LogP contribution in [0.3, 0.4) is 0 Å². The third-order valence-corrected chi connectivity index (χ3v) is 13.0. The van der Waals surface area contributed by atoms with E-state index in [2.05, 4.69) is 45.1 Å².